The molecule has 4 bridgehead atoms. The Labute approximate surface area is 153 Å². The number of carbonyl (C=O) groups excluding carboxylic acids is 1. The molecule has 134 valence electrons. The quantitative estimate of drug-likeness (QED) is 0.849. The first-order chi connectivity index (χ1) is 12.7. The summed E-state index contributed by atoms with van der Waals surface area (Å²) in [6.07, 6.45) is 1.78. The van der Waals surface area contributed by atoms with Gasteiger partial charge in [0.05, 0.1) is 23.5 Å². The molecule has 4 fully saturated rings. The van der Waals surface area contributed by atoms with Crippen molar-refractivity contribution < 1.29 is 14.3 Å². The topological polar surface area (TPSA) is 42.0 Å². The summed E-state index contributed by atoms with van der Waals surface area (Å²) >= 11 is 0. The highest BCUT2D eigenvalue weighted by Gasteiger charge is 2.60. The molecule has 2 aromatic carbocycles. The molecule has 4 heterocycles. The van der Waals surface area contributed by atoms with E-state index in [9.17, 15) is 4.79 Å². The van der Waals surface area contributed by atoms with Crippen LogP contribution in [-0.2, 0) is 9.47 Å². The van der Waals surface area contributed by atoms with Gasteiger partial charge in [-0.3, -0.25) is 4.90 Å². The van der Waals surface area contributed by atoms with Crippen LogP contribution < -0.4 is 4.90 Å². The molecule has 2 aromatic rings. The Morgan fingerprint density at radius 3 is 2.15 bits per heavy atom. The third-order valence-electron chi connectivity index (χ3n) is 5.94. The molecule has 4 aliphatic rings. The molecule has 5 nitrogen and oxygen atoms in total. The van der Waals surface area contributed by atoms with Crippen LogP contribution in [0.3, 0.4) is 0 Å². The summed E-state index contributed by atoms with van der Waals surface area (Å²) in [6, 6.07) is 19.9. The molecule has 2 unspecified atom stereocenters. The molecule has 4 aliphatic heterocycles. The molecule has 0 N–H and O–H groups in total. The second-order valence-electron chi connectivity index (χ2n) is 7.35. The maximum atomic E-state index is 13.2. The van der Waals surface area contributed by atoms with E-state index in [1.54, 1.807) is 4.90 Å². The zero-order valence-corrected chi connectivity index (χ0v) is 14.7. The van der Waals surface area contributed by atoms with Gasteiger partial charge in [0, 0.05) is 6.04 Å². The standard InChI is InChI=1S/C21H22N2O3/c1-22-17-12-16-13-18(22)20(19(17)25-16)26-21(24)23(14-8-4-2-5-9-14)15-10-6-3-7-11-15/h2-11,16-20H,12-13H2,1H3/t16-,17-,18+,19?,20?/m0/s1. The van der Waals surface area contributed by atoms with Crippen LogP contribution >= 0.6 is 0 Å². The number of amides is 1. The van der Waals surface area contributed by atoms with E-state index in [1.165, 1.54) is 0 Å². The second kappa shape index (κ2) is 6.11. The third kappa shape index (κ3) is 2.42. The number of para-hydroxylation sites is 2. The van der Waals surface area contributed by atoms with E-state index in [2.05, 4.69) is 11.9 Å². The van der Waals surface area contributed by atoms with Gasteiger partial charge in [-0.1, -0.05) is 36.4 Å². The maximum absolute atomic E-state index is 13.2. The normalized spacial score (nSPS) is 32.0. The van der Waals surface area contributed by atoms with E-state index < -0.39 is 0 Å². The van der Waals surface area contributed by atoms with E-state index in [1.807, 2.05) is 60.7 Å². The first kappa shape index (κ1) is 15.9. The van der Waals surface area contributed by atoms with E-state index in [4.69, 9.17) is 9.47 Å². The second-order valence-corrected chi connectivity index (χ2v) is 7.35. The Hall–Kier alpha value is -2.37. The molecule has 0 radical (unpaired) electrons. The fourth-order valence-corrected chi connectivity index (χ4v) is 4.71. The number of ether oxygens (including phenoxy) is 2. The molecule has 0 spiro atoms. The van der Waals surface area contributed by atoms with Crippen molar-refractivity contribution in [3.05, 3.63) is 60.7 Å². The first-order valence-electron chi connectivity index (χ1n) is 9.20. The Balaban J connectivity index is 1.43. The molecular weight excluding hydrogens is 328 g/mol. The van der Waals surface area contributed by atoms with Gasteiger partial charge in [-0.2, -0.15) is 0 Å². The lowest BCUT2D eigenvalue weighted by Crippen LogP contribution is -2.47. The predicted octanol–water partition coefficient (Wildman–Crippen LogP) is 3.57. The van der Waals surface area contributed by atoms with Gasteiger partial charge < -0.3 is 9.47 Å². The fraction of sp³-hybridized carbons (Fsp3) is 0.381. The highest BCUT2D eigenvalue weighted by atomic mass is 16.6. The SMILES string of the molecule is CN1[C@@H]2C[C@@H]3C[C@H]1C(O3)C2OC(=O)N(c1ccccc1)c1ccccc1. The van der Waals surface area contributed by atoms with Gasteiger partial charge in [-0.15, -0.1) is 0 Å². The minimum absolute atomic E-state index is 0.00102. The lowest BCUT2D eigenvalue weighted by molar-refractivity contribution is -0.0784. The van der Waals surface area contributed by atoms with E-state index in [0.29, 0.717) is 12.1 Å². The number of piperidine rings is 1. The van der Waals surface area contributed by atoms with Crippen molar-refractivity contribution in [1.29, 1.82) is 0 Å². The zero-order chi connectivity index (χ0) is 17.7. The molecule has 26 heavy (non-hydrogen) atoms. The lowest BCUT2D eigenvalue weighted by atomic mass is 10.0. The molecule has 0 aliphatic carbocycles. The van der Waals surface area contributed by atoms with Crippen LogP contribution in [0.1, 0.15) is 12.8 Å². The molecule has 4 saturated heterocycles. The Kier molecular flexibility index (Phi) is 3.72. The van der Waals surface area contributed by atoms with Gasteiger partial charge in [0.1, 0.15) is 12.2 Å². The summed E-state index contributed by atoms with van der Waals surface area (Å²) in [5.41, 5.74) is 1.59. The van der Waals surface area contributed by atoms with Crippen molar-refractivity contribution in [1.82, 2.24) is 4.90 Å². The summed E-state index contributed by atoms with van der Waals surface area (Å²) in [4.78, 5) is 17.2. The van der Waals surface area contributed by atoms with Crippen LogP contribution in [0.2, 0.25) is 0 Å². The number of carbonyl (C=O) groups is 1. The zero-order valence-electron chi connectivity index (χ0n) is 14.7. The molecule has 6 rings (SSSR count). The van der Waals surface area contributed by atoms with E-state index >= 15 is 0 Å². The van der Waals surface area contributed by atoms with Crippen LogP contribution in [0.25, 0.3) is 0 Å². The van der Waals surface area contributed by atoms with E-state index in [0.717, 1.165) is 24.2 Å². The lowest BCUT2D eigenvalue weighted by Gasteiger charge is -2.36. The van der Waals surface area contributed by atoms with Gasteiger partial charge in [-0.05, 0) is 44.2 Å². The van der Waals surface area contributed by atoms with Gasteiger partial charge in [0.25, 0.3) is 0 Å². The number of hydrogen-bond acceptors (Lipinski definition) is 4. The molecule has 0 aromatic heterocycles. The maximum Gasteiger partial charge on any atom is 0.419 e. The number of likely N-dealkylation sites (N-methyl/N-ethyl adjacent to an activating group) is 1. The summed E-state index contributed by atoms with van der Waals surface area (Å²) in [5.74, 6) is 0. The molecule has 1 amide bonds. The Bertz CT molecular complexity index is 756. The molecule has 0 saturated carbocycles. The predicted molar refractivity (Wildman–Crippen MR) is 98.5 cm³/mol. The minimum Gasteiger partial charge on any atom is -0.441 e. The minimum atomic E-state index is -0.347. The number of hydrogen-bond donors (Lipinski definition) is 0. The van der Waals surface area contributed by atoms with Gasteiger partial charge in [0.15, 0.2) is 0 Å². The number of rotatable bonds is 3. The fourth-order valence-electron chi connectivity index (χ4n) is 4.71. The number of anilines is 2. The highest BCUT2D eigenvalue weighted by molar-refractivity contribution is 5.96. The Morgan fingerprint density at radius 1 is 1.00 bits per heavy atom. The first-order valence-corrected chi connectivity index (χ1v) is 9.20. The smallest absolute Gasteiger partial charge is 0.419 e. The van der Waals surface area contributed by atoms with Crippen LogP contribution in [0.15, 0.2) is 60.7 Å². The molecule has 5 heteroatoms. The van der Waals surface area contributed by atoms with Gasteiger partial charge >= 0.3 is 6.09 Å². The van der Waals surface area contributed by atoms with Crippen LogP contribution in [0.4, 0.5) is 16.2 Å². The van der Waals surface area contributed by atoms with Crippen LogP contribution in [0.5, 0.6) is 0 Å². The van der Waals surface area contributed by atoms with Gasteiger partial charge in [-0.25, -0.2) is 9.69 Å². The van der Waals surface area contributed by atoms with Gasteiger partial charge in [0.2, 0.25) is 0 Å². The van der Waals surface area contributed by atoms with Crippen molar-refractivity contribution in [2.45, 2.75) is 43.2 Å². The summed E-state index contributed by atoms with van der Waals surface area (Å²) < 4.78 is 12.1. The number of nitrogens with zero attached hydrogens (tertiary/aromatic N) is 2. The Morgan fingerprint density at radius 2 is 1.58 bits per heavy atom. The van der Waals surface area contributed by atoms with Crippen molar-refractivity contribution in [3.63, 3.8) is 0 Å². The summed E-state index contributed by atoms with van der Waals surface area (Å²) in [7, 11) is 2.12. The average molecular weight is 350 g/mol. The van der Waals surface area contributed by atoms with E-state index in [-0.39, 0.29) is 24.3 Å². The van der Waals surface area contributed by atoms with Crippen molar-refractivity contribution in [2.75, 3.05) is 11.9 Å². The third-order valence-corrected chi connectivity index (χ3v) is 5.94. The van der Waals surface area contributed by atoms with Crippen molar-refractivity contribution >= 4 is 17.5 Å². The van der Waals surface area contributed by atoms with Crippen LogP contribution in [-0.4, -0.2) is 48.4 Å². The largest absolute Gasteiger partial charge is 0.441 e. The number of benzene rings is 2. The molecular formula is C21H22N2O3. The van der Waals surface area contributed by atoms with Crippen molar-refractivity contribution in [3.8, 4) is 0 Å². The summed E-state index contributed by atoms with van der Waals surface area (Å²) in [5, 5.41) is 0. The summed E-state index contributed by atoms with van der Waals surface area (Å²) in [6.45, 7) is 0. The monoisotopic (exact) mass is 350 g/mol. The van der Waals surface area contributed by atoms with Crippen LogP contribution in [0, 0.1) is 0 Å². The molecule has 5 atom stereocenters. The average Bonchev–Trinajstić information content (AvgIpc) is 3.08. The highest BCUT2D eigenvalue weighted by Crippen LogP contribution is 2.46. The van der Waals surface area contributed by atoms with Crippen molar-refractivity contribution in [2.24, 2.45) is 0 Å².